The van der Waals surface area contributed by atoms with E-state index in [0.29, 0.717) is 18.2 Å². The van der Waals surface area contributed by atoms with Crippen LogP contribution in [0.3, 0.4) is 0 Å². The van der Waals surface area contributed by atoms with Gasteiger partial charge in [0, 0.05) is 0 Å². The molecule has 0 spiro atoms. The lowest BCUT2D eigenvalue weighted by Crippen LogP contribution is -2.47. The summed E-state index contributed by atoms with van der Waals surface area (Å²) in [6, 6.07) is 1.80. The van der Waals surface area contributed by atoms with Gasteiger partial charge in [0.25, 0.3) is 0 Å². The lowest BCUT2D eigenvalue weighted by atomic mass is 9.99. The molecule has 0 aliphatic carbocycles. The maximum atomic E-state index is 13.4. The van der Waals surface area contributed by atoms with Crippen molar-refractivity contribution in [2.45, 2.75) is 32.0 Å². The molecule has 0 radical (unpaired) electrons. The fraction of sp³-hybridized carbons (Fsp3) is 0.417. The topological polar surface area (TPSA) is 55.1 Å². The quantitative estimate of drug-likeness (QED) is 0.835. The number of anilines is 1. The van der Waals surface area contributed by atoms with E-state index < -0.39 is 34.7 Å². The highest BCUT2D eigenvalue weighted by molar-refractivity contribution is 5.97. The third-order valence-corrected chi connectivity index (χ3v) is 2.80. The van der Waals surface area contributed by atoms with Crippen molar-refractivity contribution in [2.24, 2.45) is 5.73 Å². The van der Waals surface area contributed by atoms with Crippen molar-refractivity contribution in [3.8, 4) is 0 Å². The Morgan fingerprint density at radius 2 is 1.95 bits per heavy atom. The molecule has 1 atom stereocenters. The Morgan fingerprint density at radius 3 is 2.42 bits per heavy atom. The second-order valence-electron chi connectivity index (χ2n) is 4.42. The van der Waals surface area contributed by atoms with Gasteiger partial charge in [-0.3, -0.25) is 4.79 Å². The van der Waals surface area contributed by atoms with Gasteiger partial charge in [-0.15, -0.1) is 0 Å². The summed E-state index contributed by atoms with van der Waals surface area (Å²) >= 11 is 0. The minimum absolute atomic E-state index is 0.263. The van der Waals surface area contributed by atoms with Crippen LogP contribution in [0.15, 0.2) is 18.2 Å². The Kier molecular flexibility index (Phi) is 4.19. The Hall–Kier alpha value is -1.63. The first-order valence-electron chi connectivity index (χ1n) is 5.55. The third-order valence-electron chi connectivity index (χ3n) is 2.80. The number of benzene rings is 1. The summed E-state index contributed by atoms with van der Waals surface area (Å²) < 4.78 is 50.8. The number of nitrogens with two attached hydrogens (primary N) is 1. The highest BCUT2D eigenvalue weighted by Gasteiger charge is 2.32. The van der Waals surface area contributed by atoms with Crippen molar-refractivity contribution in [1.29, 1.82) is 0 Å². The zero-order valence-electron chi connectivity index (χ0n) is 10.4. The average molecular weight is 278 g/mol. The Morgan fingerprint density at radius 1 is 1.37 bits per heavy atom. The number of alkyl halides is 3. The van der Waals surface area contributed by atoms with Crippen molar-refractivity contribution in [3.05, 3.63) is 29.6 Å². The highest BCUT2D eigenvalue weighted by Crippen LogP contribution is 2.32. The number of rotatable bonds is 3. The molecule has 0 saturated carbocycles. The molecular formula is C12H14F4N2O. The van der Waals surface area contributed by atoms with E-state index in [-0.39, 0.29) is 6.42 Å². The van der Waals surface area contributed by atoms with Crippen molar-refractivity contribution >= 4 is 11.6 Å². The van der Waals surface area contributed by atoms with Crippen LogP contribution in [-0.4, -0.2) is 11.4 Å². The lowest BCUT2D eigenvalue weighted by Gasteiger charge is -2.22. The Labute approximate surface area is 107 Å². The van der Waals surface area contributed by atoms with Crippen LogP contribution in [-0.2, 0) is 11.0 Å². The Balaban J connectivity index is 3.05. The molecule has 0 aromatic heterocycles. The number of carbonyl (C=O) groups is 1. The first-order chi connectivity index (χ1) is 8.58. The summed E-state index contributed by atoms with van der Waals surface area (Å²) in [6.07, 6.45) is -4.34. The largest absolute Gasteiger partial charge is 0.416 e. The van der Waals surface area contributed by atoms with Gasteiger partial charge in [-0.2, -0.15) is 13.2 Å². The molecule has 19 heavy (non-hydrogen) atoms. The molecule has 0 aliphatic heterocycles. The second kappa shape index (κ2) is 5.16. The fourth-order valence-corrected chi connectivity index (χ4v) is 1.22. The molecular weight excluding hydrogens is 264 g/mol. The van der Waals surface area contributed by atoms with Crippen LogP contribution in [0, 0.1) is 5.82 Å². The normalized spacial score (nSPS) is 14.9. The van der Waals surface area contributed by atoms with Gasteiger partial charge in [-0.05, 0) is 31.5 Å². The number of amides is 1. The standard InChI is InChI=1S/C12H14F4N2O/c1-3-11(2,17)10(19)18-9-6-7(12(14,15)16)4-5-8(9)13/h4-6H,3,17H2,1-2H3,(H,18,19). The molecule has 1 aromatic rings. The van der Waals surface area contributed by atoms with Crippen LogP contribution in [0.1, 0.15) is 25.8 Å². The SMILES string of the molecule is CCC(C)(N)C(=O)Nc1cc(C(F)(F)F)ccc1F. The maximum absolute atomic E-state index is 13.4. The van der Waals surface area contributed by atoms with Gasteiger partial charge in [0.15, 0.2) is 0 Å². The maximum Gasteiger partial charge on any atom is 0.416 e. The van der Waals surface area contributed by atoms with E-state index in [1.165, 1.54) is 6.92 Å². The van der Waals surface area contributed by atoms with Crippen molar-refractivity contribution in [2.75, 3.05) is 5.32 Å². The summed E-state index contributed by atoms with van der Waals surface area (Å²) in [5.41, 5.74) is 2.77. The summed E-state index contributed by atoms with van der Waals surface area (Å²) in [5, 5.41) is 2.07. The first kappa shape index (κ1) is 15.4. The minimum atomic E-state index is -4.61. The van der Waals surface area contributed by atoms with Crippen molar-refractivity contribution < 1.29 is 22.4 Å². The first-order valence-corrected chi connectivity index (χ1v) is 5.55. The van der Waals surface area contributed by atoms with Crippen molar-refractivity contribution in [3.63, 3.8) is 0 Å². The molecule has 1 rings (SSSR count). The van der Waals surface area contributed by atoms with Crippen LogP contribution < -0.4 is 11.1 Å². The lowest BCUT2D eigenvalue weighted by molar-refractivity contribution is -0.137. The van der Waals surface area contributed by atoms with E-state index in [4.69, 9.17) is 5.73 Å². The molecule has 3 N–H and O–H groups in total. The molecule has 3 nitrogen and oxygen atoms in total. The Bertz CT molecular complexity index is 483. The minimum Gasteiger partial charge on any atom is -0.322 e. The molecule has 0 heterocycles. The molecule has 1 unspecified atom stereocenters. The number of carbonyl (C=O) groups excluding carboxylic acids is 1. The van der Waals surface area contributed by atoms with Gasteiger partial charge in [-0.25, -0.2) is 4.39 Å². The predicted molar refractivity (Wildman–Crippen MR) is 62.9 cm³/mol. The van der Waals surface area contributed by atoms with Crippen LogP contribution >= 0.6 is 0 Å². The average Bonchev–Trinajstić information content (AvgIpc) is 2.30. The van der Waals surface area contributed by atoms with Crippen LogP contribution in [0.5, 0.6) is 0 Å². The second-order valence-corrected chi connectivity index (χ2v) is 4.42. The molecule has 0 aliphatic rings. The fourth-order valence-electron chi connectivity index (χ4n) is 1.22. The van der Waals surface area contributed by atoms with Crippen LogP contribution in [0.4, 0.5) is 23.2 Å². The zero-order valence-corrected chi connectivity index (χ0v) is 10.4. The predicted octanol–water partition coefficient (Wildman–Crippen LogP) is 2.91. The van der Waals surface area contributed by atoms with Gasteiger partial charge >= 0.3 is 6.18 Å². The monoisotopic (exact) mass is 278 g/mol. The molecule has 7 heteroatoms. The van der Waals surface area contributed by atoms with Gasteiger partial charge < -0.3 is 11.1 Å². The van der Waals surface area contributed by atoms with E-state index in [1.807, 2.05) is 0 Å². The molecule has 0 saturated heterocycles. The van der Waals surface area contributed by atoms with Gasteiger partial charge in [0.2, 0.25) is 5.91 Å². The molecule has 0 bridgehead atoms. The van der Waals surface area contributed by atoms with Crippen LogP contribution in [0.25, 0.3) is 0 Å². The molecule has 1 amide bonds. The molecule has 1 aromatic carbocycles. The summed E-state index contributed by atoms with van der Waals surface area (Å²) in [4.78, 5) is 11.7. The highest BCUT2D eigenvalue weighted by atomic mass is 19.4. The van der Waals surface area contributed by atoms with Gasteiger partial charge in [0.05, 0.1) is 16.8 Å². The molecule has 106 valence electrons. The van der Waals surface area contributed by atoms with E-state index in [2.05, 4.69) is 5.32 Å². The third kappa shape index (κ3) is 3.66. The summed E-state index contributed by atoms with van der Waals surface area (Å²) in [7, 11) is 0. The molecule has 0 fully saturated rings. The van der Waals surface area contributed by atoms with E-state index in [0.717, 1.165) is 0 Å². The van der Waals surface area contributed by atoms with Crippen molar-refractivity contribution in [1.82, 2.24) is 0 Å². The summed E-state index contributed by atoms with van der Waals surface area (Å²) in [6.45, 7) is 3.05. The van der Waals surface area contributed by atoms with E-state index >= 15 is 0 Å². The zero-order chi connectivity index (χ0) is 14.8. The van der Waals surface area contributed by atoms with E-state index in [9.17, 15) is 22.4 Å². The number of hydrogen-bond acceptors (Lipinski definition) is 2. The van der Waals surface area contributed by atoms with Gasteiger partial charge in [0.1, 0.15) is 5.82 Å². The number of halogens is 4. The number of hydrogen-bond donors (Lipinski definition) is 2. The smallest absolute Gasteiger partial charge is 0.322 e. The van der Waals surface area contributed by atoms with Gasteiger partial charge in [-0.1, -0.05) is 6.92 Å². The summed E-state index contributed by atoms with van der Waals surface area (Å²) in [5.74, 6) is -1.69. The number of nitrogens with one attached hydrogen (secondary N) is 1. The van der Waals surface area contributed by atoms with Crippen LogP contribution in [0.2, 0.25) is 0 Å². The van der Waals surface area contributed by atoms with E-state index in [1.54, 1.807) is 6.92 Å².